The predicted octanol–water partition coefficient (Wildman–Crippen LogP) is 5.96. The molecule has 0 saturated carbocycles. The number of hydrogen-bond donors (Lipinski definition) is 1. The lowest BCUT2D eigenvalue weighted by Gasteiger charge is -2.33. The second-order valence-corrected chi connectivity index (χ2v) is 9.84. The molecule has 0 amide bonds. The number of ether oxygens (including phenoxy) is 1. The van der Waals surface area contributed by atoms with Gasteiger partial charge in [-0.15, -0.1) is 11.3 Å². The second-order valence-electron chi connectivity index (χ2n) is 7.81. The van der Waals surface area contributed by atoms with Crippen LogP contribution in [0.1, 0.15) is 36.3 Å². The van der Waals surface area contributed by atoms with E-state index in [1.54, 1.807) is 23.1 Å². The Kier molecular flexibility index (Phi) is 4.73. The number of thioether (sulfide) groups is 1. The quantitative estimate of drug-likeness (QED) is 0.325. The normalized spacial score (nSPS) is 19.0. The van der Waals surface area contributed by atoms with Crippen molar-refractivity contribution in [3.63, 3.8) is 0 Å². The molecule has 3 heterocycles. The maximum Gasteiger partial charge on any atom is 0.191 e. The molecule has 0 radical (unpaired) electrons. The molecule has 0 fully saturated rings. The number of nitrogens with two attached hydrogens (primary N) is 1. The Balaban J connectivity index is 1.42. The Morgan fingerprint density at radius 3 is 2.83 bits per heavy atom. The second kappa shape index (κ2) is 7.27. The molecule has 6 heteroatoms. The van der Waals surface area contributed by atoms with Gasteiger partial charge in [0.2, 0.25) is 0 Å². The number of thiophene rings is 1. The molecule has 4 aromatic rings. The van der Waals surface area contributed by atoms with Crippen molar-refractivity contribution in [2.24, 2.45) is 0 Å². The van der Waals surface area contributed by atoms with Crippen molar-refractivity contribution in [1.82, 2.24) is 9.97 Å². The smallest absolute Gasteiger partial charge is 0.191 e. The van der Waals surface area contributed by atoms with E-state index in [-0.39, 0.29) is 5.60 Å². The van der Waals surface area contributed by atoms with Gasteiger partial charge in [0.05, 0.1) is 17.6 Å². The molecular weight excluding hydrogens is 398 g/mol. The van der Waals surface area contributed by atoms with Gasteiger partial charge in [0.1, 0.15) is 10.6 Å². The first-order valence-electron chi connectivity index (χ1n) is 9.87. The summed E-state index contributed by atoms with van der Waals surface area (Å²) in [5.74, 6) is 1.41. The molecule has 148 valence electrons. The number of aromatic nitrogens is 2. The highest BCUT2D eigenvalue weighted by atomic mass is 32.2. The molecule has 2 N–H and O–H groups in total. The lowest BCUT2D eigenvalue weighted by atomic mass is 9.90. The van der Waals surface area contributed by atoms with E-state index in [0.717, 1.165) is 34.0 Å². The SMILES string of the molecule is CC[C@]1(C)Cc2c(sc3nc(SCc4ccc5ccccc5c4)nc(N)c23)CO1. The molecule has 1 atom stereocenters. The topological polar surface area (TPSA) is 61.0 Å². The zero-order chi connectivity index (χ0) is 20.0. The lowest BCUT2D eigenvalue weighted by molar-refractivity contribution is -0.0542. The molecule has 0 saturated heterocycles. The fourth-order valence-corrected chi connectivity index (χ4v) is 5.81. The Hall–Kier alpha value is -2.15. The third-order valence-electron chi connectivity index (χ3n) is 5.77. The minimum atomic E-state index is -0.128. The number of hydrogen-bond acceptors (Lipinski definition) is 6. The van der Waals surface area contributed by atoms with Crippen LogP contribution in [0.15, 0.2) is 47.6 Å². The number of anilines is 1. The molecule has 2 aromatic heterocycles. The zero-order valence-corrected chi connectivity index (χ0v) is 18.2. The highest BCUT2D eigenvalue weighted by Gasteiger charge is 2.32. The highest BCUT2D eigenvalue weighted by Crippen LogP contribution is 2.41. The van der Waals surface area contributed by atoms with Crippen molar-refractivity contribution in [2.75, 3.05) is 5.73 Å². The fourth-order valence-electron chi connectivity index (χ4n) is 3.85. The summed E-state index contributed by atoms with van der Waals surface area (Å²) >= 11 is 3.33. The van der Waals surface area contributed by atoms with E-state index in [9.17, 15) is 0 Å². The summed E-state index contributed by atoms with van der Waals surface area (Å²) in [5.41, 5.74) is 8.81. The van der Waals surface area contributed by atoms with Gasteiger partial charge < -0.3 is 10.5 Å². The lowest BCUT2D eigenvalue weighted by Crippen LogP contribution is -2.33. The summed E-state index contributed by atoms with van der Waals surface area (Å²) in [7, 11) is 0. The zero-order valence-electron chi connectivity index (χ0n) is 16.6. The van der Waals surface area contributed by atoms with Gasteiger partial charge in [0.15, 0.2) is 5.16 Å². The van der Waals surface area contributed by atoms with Crippen LogP contribution >= 0.6 is 23.1 Å². The number of nitrogen functional groups attached to an aromatic ring is 1. The summed E-state index contributed by atoms with van der Waals surface area (Å²) in [6, 6.07) is 15.0. The van der Waals surface area contributed by atoms with Crippen LogP contribution in [-0.4, -0.2) is 15.6 Å². The van der Waals surface area contributed by atoms with E-state index in [1.165, 1.54) is 26.8 Å². The monoisotopic (exact) mass is 421 g/mol. The van der Waals surface area contributed by atoms with E-state index in [4.69, 9.17) is 15.5 Å². The fraction of sp³-hybridized carbons (Fsp3) is 0.304. The van der Waals surface area contributed by atoms with Gasteiger partial charge >= 0.3 is 0 Å². The molecule has 0 bridgehead atoms. The van der Waals surface area contributed by atoms with Gasteiger partial charge in [0.25, 0.3) is 0 Å². The number of nitrogens with zero attached hydrogens (tertiary/aromatic N) is 2. The van der Waals surface area contributed by atoms with Crippen molar-refractivity contribution >= 4 is 49.9 Å². The van der Waals surface area contributed by atoms with E-state index in [0.29, 0.717) is 12.4 Å². The van der Waals surface area contributed by atoms with E-state index < -0.39 is 0 Å². The Labute approximate surface area is 178 Å². The molecule has 4 nitrogen and oxygen atoms in total. The van der Waals surface area contributed by atoms with Crippen molar-refractivity contribution in [1.29, 1.82) is 0 Å². The molecule has 29 heavy (non-hydrogen) atoms. The predicted molar refractivity (Wildman–Crippen MR) is 123 cm³/mol. The standard InChI is InChI=1S/C23H23N3OS2/c1-3-23(2)11-17-18(12-27-23)29-21-19(17)20(24)25-22(26-21)28-13-14-8-9-15-6-4-5-7-16(15)10-14/h4-10H,3,11-13H2,1-2H3,(H2,24,25,26)/t23-/m1/s1. The first-order chi connectivity index (χ1) is 14.0. The third kappa shape index (κ3) is 3.50. The molecule has 1 aliphatic rings. The van der Waals surface area contributed by atoms with Crippen LogP contribution in [0.25, 0.3) is 21.0 Å². The molecule has 1 aliphatic heterocycles. The minimum absolute atomic E-state index is 0.128. The van der Waals surface area contributed by atoms with E-state index >= 15 is 0 Å². The first kappa shape index (κ1) is 18.9. The van der Waals surface area contributed by atoms with Gasteiger partial charge in [-0.3, -0.25) is 0 Å². The van der Waals surface area contributed by atoms with E-state index in [2.05, 4.69) is 61.3 Å². The maximum absolute atomic E-state index is 6.40. The van der Waals surface area contributed by atoms with Crippen LogP contribution in [0.3, 0.4) is 0 Å². The van der Waals surface area contributed by atoms with Crippen LogP contribution < -0.4 is 5.73 Å². The van der Waals surface area contributed by atoms with Crippen LogP contribution in [0.2, 0.25) is 0 Å². The van der Waals surface area contributed by atoms with Crippen LogP contribution in [-0.2, 0) is 23.5 Å². The molecule has 5 rings (SSSR count). The molecule has 0 spiro atoms. The van der Waals surface area contributed by atoms with Gasteiger partial charge in [0, 0.05) is 17.1 Å². The van der Waals surface area contributed by atoms with Gasteiger partial charge in [-0.05, 0) is 35.2 Å². The molecule has 0 unspecified atom stereocenters. The molecular formula is C23H23N3OS2. The van der Waals surface area contributed by atoms with Gasteiger partial charge in [-0.25, -0.2) is 9.97 Å². The third-order valence-corrected chi connectivity index (χ3v) is 7.79. The van der Waals surface area contributed by atoms with Crippen molar-refractivity contribution in [2.45, 2.75) is 49.8 Å². The largest absolute Gasteiger partial charge is 0.383 e. The summed E-state index contributed by atoms with van der Waals surface area (Å²) in [6.45, 7) is 4.98. The number of rotatable bonds is 4. The van der Waals surface area contributed by atoms with Crippen LogP contribution in [0.5, 0.6) is 0 Å². The van der Waals surface area contributed by atoms with Crippen LogP contribution in [0.4, 0.5) is 5.82 Å². The van der Waals surface area contributed by atoms with E-state index in [1.807, 2.05) is 0 Å². The summed E-state index contributed by atoms with van der Waals surface area (Å²) in [6.07, 6.45) is 1.85. The first-order valence-corrected chi connectivity index (χ1v) is 11.7. The average Bonchev–Trinajstić information content (AvgIpc) is 3.10. The summed E-state index contributed by atoms with van der Waals surface area (Å²) in [5, 5.41) is 4.28. The number of fused-ring (bicyclic) bond motifs is 4. The van der Waals surface area contributed by atoms with Crippen molar-refractivity contribution in [3.8, 4) is 0 Å². The number of benzene rings is 2. The van der Waals surface area contributed by atoms with Crippen molar-refractivity contribution < 1.29 is 4.74 Å². The molecule has 0 aliphatic carbocycles. The summed E-state index contributed by atoms with van der Waals surface area (Å²) < 4.78 is 6.10. The summed E-state index contributed by atoms with van der Waals surface area (Å²) in [4.78, 5) is 11.7. The van der Waals surface area contributed by atoms with Crippen molar-refractivity contribution in [3.05, 3.63) is 58.5 Å². The van der Waals surface area contributed by atoms with Gasteiger partial charge in [-0.1, -0.05) is 61.2 Å². The maximum atomic E-state index is 6.40. The average molecular weight is 422 g/mol. The minimum Gasteiger partial charge on any atom is -0.383 e. The highest BCUT2D eigenvalue weighted by molar-refractivity contribution is 7.98. The Morgan fingerprint density at radius 1 is 1.17 bits per heavy atom. The van der Waals surface area contributed by atoms with Crippen LogP contribution in [0, 0.1) is 0 Å². The van der Waals surface area contributed by atoms with Gasteiger partial charge in [-0.2, -0.15) is 0 Å². The Morgan fingerprint density at radius 2 is 2.00 bits per heavy atom. The Bertz CT molecular complexity index is 1220. The molecule has 2 aromatic carbocycles.